The summed E-state index contributed by atoms with van der Waals surface area (Å²) in [4.78, 5) is 11.7. The van der Waals surface area contributed by atoms with Crippen LogP contribution in [-0.4, -0.2) is 33.6 Å². The van der Waals surface area contributed by atoms with Crippen LogP contribution in [0.1, 0.15) is 10.4 Å². The summed E-state index contributed by atoms with van der Waals surface area (Å²) >= 11 is 0. The summed E-state index contributed by atoms with van der Waals surface area (Å²) in [6.07, 6.45) is 0. The van der Waals surface area contributed by atoms with Crippen molar-refractivity contribution in [2.24, 2.45) is 0 Å². The maximum atomic E-state index is 11.7. The Morgan fingerprint density at radius 3 is 2.19 bits per heavy atom. The zero-order valence-corrected chi connectivity index (χ0v) is 9.66. The number of likely N-dealkylation sites (N-methyl/N-ethyl adjacent to an activating group) is 1. The number of Topliss-reactive ketones (excluding diaryl/α,β-unsaturated/α-hetero) is 1. The number of benzene rings is 1. The second-order valence-electron chi connectivity index (χ2n) is 3.25. The molecule has 16 heavy (non-hydrogen) atoms. The molecule has 0 bridgehead atoms. The normalized spacial score (nSPS) is 9.94. The average molecular weight is 224 g/mol. The van der Waals surface area contributed by atoms with Gasteiger partial charge in [-0.15, -0.1) is 0 Å². The van der Waals surface area contributed by atoms with Crippen LogP contribution in [0.4, 0.5) is 5.69 Å². The van der Waals surface area contributed by atoms with Gasteiger partial charge in [0.1, 0.15) is 17.2 Å². The van der Waals surface area contributed by atoms with Gasteiger partial charge in [0.15, 0.2) is 5.78 Å². The third-order valence-electron chi connectivity index (χ3n) is 2.20. The molecule has 0 saturated carbocycles. The molecule has 3 N–H and O–H groups in total. The summed E-state index contributed by atoms with van der Waals surface area (Å²) < 4.78 is 10.2. The van der Waals surface area contributed by atoms with E-state index in [2.05, 4.69) is 5.32 Å². The minimum absolute atomic E-state index is 0.0425. The van der Waals surface area contributed by atoms with Crippen molar-refractivity contribution in [2.75, 3.05) is 33.5 Å². The Kier molecular flexibility index (Phi) is 4.13. The molecular formula is C11H16N2O3. The molecule has 0 heterocycles. The van der Waals surface area contributed by atoms with Gasteiger partial charge in [-0.3, -0.25) is 4.79 Å². The Morgan fingerprint density at radius 2 is 1.81 bits per heavy atom. The Balaban J connectivity index is 3.16. The largest absolute Gasteiger partial charge is 0.494 e. The molecule has 1 aromatic rings. The highest BCUT2D eigenvalue weighted by Gasteiger charge is 2.13. The first-order chi connectivity index (χ1) is 7.63. The summed E-state index contributed by atoms with van der Waals surface area (Å²) in [6, 6.07) is 3.22. The number of carbonyl (C=O) groups is 1. The van der Waals surface area contributed by atoms with Crippen molar-refractivity contribution < 1.29 is 14.3 Å². The van der Waals surface area contributed by atoms with Gasteiger partial charge in [0, 0.05) is 5.56 Å². The van der Waals surface area contributed by atoms with E-state index in [0.29, 0.717) is 22.7 Å². The van der Waals surface area contributed by atoms with Gasteiger partial charge in [0.05, 0.1) is 20.8 Å². The van der Waals surface area contributed by atoms with Crippen LogP contribution in [0.15, 0.2) is 12.1 Å². The molecule has 1 rings (SSSR count). The average Bonchev–Trinajstić information content (AvgIpc) is 2.29. The number of hydrogen-bond donors (Lipinski definition) is 2. The molecule has 88 valence electrons. The SMILES string of the molecule is CNCC(=O)c1cc(OC)c(N)c(OC)c1. The molecule has 0 aliphatic rings. The van der Waals surface area contributed by atoms with Gasteiger partial charge in [-0.25, -0.2) is 0 Å². The van der Waals surface area contributed by atoms with Crippen LogP contribution < -0.4 is 20.5 Å². The number of carbonyl (C=O) groups excluding carboxylic acids is 1. The Labute approximate surface area is 94.5 Å². The van der Waals surface area contributed by atoms with Crippen LogP contribution >= 0.6 is 0 Å². The Morgan fingerprint density at radius 1 is 1.31 bits per heavy atom. The molecule has 0 amide bonds. The number of nitrogens with one attached hydrogen (secondary N) is 1. The van der Waals surface area contributed by atoms with Gasteiger partial charge in [0.25, 0.3) is 0 Å². The number of ketones is 1. The Hall–Kier alpha value is -1.75. The van der Waals surface area contributed by atoms with Crippen LogP contribution in [0.5, 0.6) is 11.5 Å². The standard InChI is InChI=1S/C11H16N2O3/c1-13-6-8(14)7-4-9(15-2)11(12)10(5-7)16-3/h4-5,13H,6,12H2,1-3H3. The lowest BCUT2D eigenvalue weighted by molar-refractivity contribution is 0.0993. The van der Waals surface area contributed by atoms with Gasteiger partial charge in [-0.2, -0.15) is 0 Å². The van der Waals surface area contributed by atoms with Crippen molar-refractivity contribution >= 4 is 11.5 Å². The van der Waals surface area contributed by atoms with Crippen LogP contribution in [0.3, 0.4) is 0 Å². The van der Waals surface area contributed by atoms with E-state index in [-0.39, 0.29) is 12.3 Å². The second-order valence-corrected chi connectivity index (χ2v) is 3.25. The fourth-order valence-corrected chi connectivity index (χ4v) is 1.36. The minimum atomic E-state index is -0.0425. The predicted molar refractivity (Wildman–Crippen MR) is 62.2 cm³/mol. The number of methoxy groups -OCH3 is 2. The van der Waals surface area contributed by atoms with E-state index in [1.165, 1.54) is 14.2 Å². The van der Waals surface area contributed by atoms with E-state index in [1.54, 1.807) is 19.2 Å². The highest BCUT2D eigenvalue weighted by molar-refractivity contribution is 5.99. The summed E-state index contributed by atoms with van der Waals surface area (Å²) in [5, 5.41) is 2.79. The van der Waals surface area contributed by atoms with Crippen molar-refractivity contribution in [3.8, 4) is 11.5 Å². The number of rotatable bonds is 5. The zero-order chi connectivity index (χ0) is 12.1. The van der Waals surface area contributed by atoms with Gasteiger partial charge in [-0.1, -0.05) is 0 Å². The van der Waals surface area contributed by atoms with Gasteiger partial charge >= 0.3 is 0 Å². The van der Waals surface area contributed by atoms with Crippen molar-refractivity contribution in [2.45, 2.75) is 0 Å². The van der Waals surface area contributed by atoms with E-state index in [0.717, 1.165) is 0 Å². The van der Waals surface area contributed by atoms with Crippen molar-refractivity contribution in [3.63, 3.8) is 0 Å². The van der Waals surface area contributed by atoms with E-state index in [1.807, 2.05) is 0 Å². The number of nitrogen functional groups attached to an aromatic ring is 1. The molecule has 0 aliphatic heterocycles. The first-order valence-corrected chi connectivity index (χ1v) is 4.83. The monoisotopic (exact) mass is 224 g/mol. The smallest absolute Gasteiger partial charge is 0.176 e. The van der Waals surface area contributed by atoms with E-state index in [4.69, 9.17) is 15.2 Å². The second kappa shape index (κ2) is 5.37. The summed E-state index contributed by atoms with van der Waals surface area (Å²) in [5.74, 6) is 0.844. The molecule has 0 aliphatic carbocycles. The zero-order valence-electron chi connectivity index (χ0n) is 9.66. The van der Waals surface area contributed by atoms with Gasteiger partial charge < -0.3 is 20.5 Å². The molecule has 0 aromatic heterocycles. The molecule has 5 nitrogen and oxygen atoms in total. The maximum absolute atomic E-state index is 11.7. The predicted octanol–water partition coefficient (Wildman–Crippen LogP) is 0.688. The van der Waals surface area contributed by atoms with Crippen LogP contribution in [-0.2, 0) is 0 Å². The fourth-order valence-electron chi connectivity index (χ4n) is 1.36. The molecule has 1 aromatic carbocycles. The first kappa shape index (κ1) is 12.3. The highest BCUT2D eigenvalue weighted by Crippen LogP contribution is 2.33. The lowest BCUT2D eigenvalue weighted by Gasteiger charge is -2.11. The van der Waals surface area contributed by atoms with E-state index >= 15 is 0 Å². The third kappa shape index (κ3) is 2.43. The molecule has 0 radical (unpaired) electrons. The maximum Gasteiger partial charge on any atom is 0.176 e. The van der Waals surface area contributed by atoms with Gasteiger partial charge in [-0.05, 0) is 19.2 Å². The lowest BCUT2D eigenvalue weighted by atomic mass is 10.1. The van der Waals surface area contributed by atoms with Crippen LogP contribution in [0, 0.1) is 0 Å². The first-order valence-electron chi connectivity index (χ1n) is 4.83. The number of hydrogen-bond acceptors (Lipinski definition) is 5. The molecule has 5 heteroatoms. The van der Waals surface area contributed by atoms with Crippen molar-refractivity contribution in [1.82, 2.24) is 5.32 Å². The topological polar surface area (TPSA) is 73.6 Å². The number of nitrogens with two attached hydrogens (primary N) is 1. The van der Waals surface area contributed by atoms with Crippen LogP contribution in [0.25, 0.3) is 0 Å². The summed E-state index contributed by atoms with van der Waals surface area (Å²) in [5.41, 5.74) is 6.68. The summed E-state index contributed by atoms with van der Waals surface area (Å²) in [7, 11) is 4.71. The van der Waals surface area contributed by atoms with E-state index in [9.17, 15) is 4.79 Å². The number of anilines is 1. The molecule has 0 unspecified atom stereocenters. The highest BCUT2D eigenvalue weighted by atomic mass is 16.5. The third-order valence-corrected chi connectivity index (χ3v) is 2.20. The molecule has 0 atom stereocenters. The molecular weight excluding hydrogens is 208 g/mol. The molecule has 0 saturated heterocycles. The fraction of sp³-hybridized carbons (Fsp3) is 0.364. The lowest BCUT2D eigenvalue weighted by Crippen LogP contribution is -2.18. The van der Waals surface area contributed by atoms with E-state index < -0.39 is 0 Å². The van der Waals surface area contributed by atoms with Crippen molar-refractivity contribution in [3.05, 3.63) is 17.7 Å². The summed E-state index contributed by atoms with van der Waals surface area (Å²) in [6.45, 7) is 0.260. The Bertz CT molecular complexity index is 366. The molecule has 0 spiro atoms. The van der Waals surface area contributed by atoms with Crippen molar-refractivity contribution in [1.29, 1.82) is 0 Å². The number of ether oxygens (including phenoxy) is 2. The quantitative estimate of drug-likeness (QED) is 0.568. The van der Waals surface area contributed by atoms with Gasteiger partial charge in [0.2, 0.25) is 0 Å². The minimum Gasteiger partial charge on any atom is -0.494 e. The molecule has 0 fully saturated rings. The van der Waals surface area contributed by atoms with Crippen LogP contribution in [0.2, 0.25) is 0 Å².